The number of hydrogen-bond donors (Lipinski definition) is 2. The maximum atomic E-state index is 7.12. The van der Waals surface area contributed by atoms with Gasteiger partial charge >= 0.3 is 0 Å². The highest BCUT2D eigenvalue weighted by molar-refractivity contribution is 6.49. The van der Waals surface area contributed by atoms with E-state index in [4.69, 9.17) is 62.3 Å². The maximum absolute atomic E-state index is 7.12. The van der Waals surface area contributed by atoms with E-state index in [-0.39, 0.29) is 15.3 Å². The van der Waals surface area contributed by atoms with Crippen molar-refractivity contribution in [2.45, 2.75) is 5.06 Å². The number of alkyl halides is 1. The Morgan fingerprint density at radius 1 is 1.46 bits per heavy atom. The fourth-order valence-electron chi connectivity index (χ4n) is 0.658. The van der Waals surface area contributed by atoms with Gasteiger partial charge in [-0.1, -0.05) is 34.8 Å². The highest BCUT2D eigenvalue weighted by Gasteiger charge is 2.36. The molecule has 0 aromatic carbocycles. The average Bonchev–Trinajstić information content (AvgIpc) is 2.00. The summed E-state index contributed by atoms with van der Waals surface area (Å²) in [5.74, 6) is -0.422. The minimum Gasteiger partial charge on any atom is -0.448 e. The molecule has 3 N–H and O–H groups in total. The molecule has 1 unspecified atom stereocenters. The molecule has 0 fully saturated rings. The van der Waals surface area contributed by atoms with Crippen LogP contribution in [0, 0.1) is 5.41 Å². The first kappa shape index (κ1) is 11.0. The van der Waals surface area contributed by atoms with Gasteiger partial charge in [-0.3, -0.25) is 5.41 Å². The van der Waals surface area contributed by atoms with E-state index in [1.807, 2.05) is 0 Å². The van der Waals surface area contributed by atoms with Crippen LogP contribution in [0.15, 0.2) is 21.4 Å². The molecular formula is C6H4Cl4N2O. The van der Waals surface area contributed by atoms with Gasteiger partial charge in [-0.25, -0.2) is 0 Å². The minimum absolute atomic E-state index is 0.0425. The molecule has 3 nitrogen and oxygen atoms in total. The van der Waals surface area contributed by atoms with Crippen molar-refractivity contribution >= 4 is 52.2 Å². The second-order valence-electron chi connectivity index (χ2n) is 2.24. The Balaban J connectivity index is 3.11. The van der Waals surface area contributed by atoms with E-state index in [0.29, 0.717) is 0 Å². The summed E-state index contributed by atoms with van der Waals surface area (Å²) in [4.78, 5) is 0. The monoisotopic (exact) mass is 260 g/mol. The largest absolute Gasteiger partial charge is 0.448 e. The predicted octanol–water partition coefficient (Wildman–Crippen LogP) is 2.66. The summed E-state index contributed by atoms with van der Waals surface area (Å²) >= 11 is 22.6. The maximum Gasteiger partial charge on any atom is 0.260 e. The average molecular weight is 262 g/mol. The molecule has 0 radical (unpaired) electrons. The van der Waals surface area contributed by atoms with E-state index in [2.05, 4.69) is 0 Å². The molecule has 1 aliphatic heterocycles. The smallest absolute Gasteiger partial charge is 0.260 e. The molecule has 0 saturated heterocycles. The first-order chi connectivity index (χ1) is 5.87. The number of allylic oxidation sites excluding steroid dienone is 2. The summed E-state index contributed by atoms with van der Waals surface area (Å²) < 4.78 is 4.89. The van der Waals surface area contributed by atoms with Crippen molar-refractivity contribution < 1.29 is 4.74 Å². The number of ether oxygens (including phenoxy) is 1. The highest BCUT2D eigenvalue weighted by Crippen LogP contribution is 2.38. The summed E-state index contributed by atoms with van der Waals surface area (Å²) in [6, 6.07) is 0. The SMILES string of the molecule is N=C(N)C1(Cl)C=C(Cl)C(Cl)=C(Cl)O1. The van der Waals surface area contributed by atoms with Crippen LogP contribution in [0.1, 0.15) is 0 Å². The number of nitrogens with one attached hydrogen (secondary N) is 1. The van der Waals surface area contributed by atoms with Gasteiger partial charge in [0.1, 0.15) is 5.03 Å². The number of rotatable bonds is 1. The number of amidine groups is 1. The van der Waals surface area contributed by atoms with Crippen molar-refractivity contribution in [3.05, 3.63) is 21.4 Å². The third-order valence-corrected chi connectivity index (χ3v) is 2.82. The predicted molar refractivity (Wildman–Crippen MR) is 54.3 cm³/mol. The molecule has 0 saturated carbocycles. The van der Waals surface area contributed by atoms with Crippen LogP contribution in [0.5, 0.6) is 0 Å². The van der Waals surface area contributed by atoms with Gasteiger partial charge in [0.2, 0.25) is 5.22 Å². The van der Waals surface area contributed by atoms with E-state index in [1.165, 1.54) is 6.08 Å². The molecule has 0 spiro atoms. The first-order valence-electron chi connectivity index (χ1n) is 3.03. The summed E-state index contributed by atoms with van der Waals surface area (Å²) in [5, 5.41) is 5.45. The molecule has 7 heteroatoms. The molecule has 0 aliphatic carbocycles. The van der Waals surface area contributed by atoms with Crippen molar-refractivity contribution in [1.29, 1.82) is 5.41 Å². The van der Waals surface area contributed by atoms with E-state index >= 15 is 0 Å². The standard InChI is InChI=1S/C6H4Cl4N2O/c7-2-1-6(10,5(11)12)13-4(9)3(2)8/h1H,(H3,11,12). The second-order valence-corrected chi connectivity index (χ2v) is 3.93. The van der Waals surface area contributed by atoms with Crippen molar-refractivity contribution in [3.8, 4) is 0 Å². The van der Waals surface area contributed by atoms with Crippen molar-refractivity contribution in [2.24, 2.45) is 5.73 Å². The third-order valence-electron chi connectivity index (χ3n) is 1.30. The molecule has 1 atom stereocenters. The van der Waals surface area contributed by atoms with Crippen molar-refractivity contribution in [1.82, 2.24) is 0 Å². The van der Waals surface area contributed by atoms with E-state index in [1.54, 1.807) is 0 Å². The fraction of sp³-hybridized carbons (Fsp3) is 0.167. The van der Waals surface area contributed by atoms with Gasteiger partial charge in [0, 0.05) is 6.08 Å². The quantitative estimate of drug-likeness (QED) is 0.433. The number of hydrogen-bond acceptors (Lipinski definition) is 2. The lowest BCUT2D eigenvalue weighted by molar-refractivity contribution is 0.188. The molecule has 1 heterocycles. The Hall–Kier alpha value is -0.0900. The second kappa shape index (κ2) is 3.58. The van der Waals surface area contributed by atoms with Gasteiger partial charge in [-0.2, -0.15) is 0 Å². The van der Waals surface area contributed by atoms with Crippen LogP contribution in [0.4, 0.5) is 0 Å². The first-order valence-corrected chi connectivity index (χ1v) is 4.54. The zero-order valence-corrected chi connectivity index (χ0v) is 9.10. The number of halogens is 4. The molecule has 72 valence electrons. The lowest BCUT2D eigenvalue weighted by Gasteiger charge is -2.26. The van der Waals surface area contributed by atoms with Gasteiger partial charge in [-0.05, 0) is 11.6 Å². The Morgan fingerprint density at radius 3 is 2.38 bits per heavy atom. The van der Waals surface area contributed by atoms with E-state index in [0.717, 1.165) is 0 Å². The van der Waals surface area contributed by atoms with Gasteiger partial charge < -0.3 is 10.5 Å². The van der Waals surface area contributed by atoms with Gasteiger partial charge in [0.25, 0.3) is 5.06 Å². The Bertz CT molecular complexity index is 325. The van der Waals surface area contributed by atoms with Gasteiger partial charge in [0.15, 0.2) is 5.84 Å². The summed E-state index contributed by atoms with van der Waals surface area (Å²) in [7, 11) is 0. The van der Waals surface area contributed by atoms with Crippen LogP contribution in [-0.2, 0) is 4.74 Å². The lowest BCUT2D eigenvalue weighted by Crippen LogP contribution is -2.39. The Labute approximate surface area is 94.5 Å². The van der Waals surface area contributed by atoms with Crippen molar-refractivity contribution in [2.75, 3.05) is 0 Å². The van der Waals surface area contributed by atoms with E-state index in [9.17, 15) is 0 Å². The fourth-order valence-corrected chi connectivity index (χ4v) is 1.54. The molecule has 1 rings (SSSR count). The molecule has 13 heavy (non-hydrogen) atoms. The zero-order chi connectivity index (χ0) is 10.2. The molecule has 0 amide bonds. The minimum atomic E-state index is -1.63. The molecule has 1 aliphatic rings. The number of nitrogens with two attached hydrogens (primary N) is 1. The van der Waals surface area contributed by atoms with Crippen LogP contribution in [-0.4, -0.2) is 10.9 Å². The molecular weight excluding hydrogens is 258 g/mol. The summed E-state index contributed by atoms with van der Waals surface area (Å²) in [6.45, 7) is 0. The highest BCUT2D eigenvalue weighted by atomic mass is 35.5. The topological polar surface area (TPSA) is 59.1 Å². The lowest BCUT2D eigenvalue weighted by atomic mass is 10.2. The third kappa shape index (κ3) is 2.05. The molecule has 0 aromatic heterocycles. The van der Waals surface area contributed by atoms with E-state index < -0.39 is 10.9 Å². The van der Waals surface area contributed by atoms with Gasteiger partial charge in [-0.15, -0.1) is 0 Å². The van der Waals surface area contributed by atoms with Crippen LogP contribution in [0.25, 0.3) is 0 Å². The summed E-state index contributed by atoms with van der Waals surface area (Å²) in [6.07, 6.45) is 1.20. The van der Waals surface area contributed by atoms with Crippen LogP contribution in [0.3, 0.4) is 0 Å². The molecule has 0 aromatic rings. The van der Waals surface area contributed by atoms with Crippen LogP contribution < -0.4 is 5.73 Å². The van der Waals surface area contributed by atoms with Crippen molar-refractivity contribution in [3.63, 3.8) is 0 Å². The van der Waals surface area contributed by atoms with Crippen LogP contribution >= 0.6 is 46.4 Å². The normalized spacial score (nSPS) is 28.2. The Kier molecular flexibility index (Phi) is 3.02. The Morgan fingerprint density at radius 2 is 2.00 bits per heavy atom. The summed E-state index contributed by atoms with van der Waals surface area (Å²) in [5.41, 5.74) is 5.17. The molecule has 0 bridgehead atoms. The van der Waals surface area contributed by atoms with Crippen LogP contribution in [0.2, 0.25) is 0 Å². The van der Waals surface area contributed by atoms with Gasteiger partial charge in [0.05, 0.1) is 5.03 Å². The zero-order valence-electron chi connectivity index (χ0n) is 6.07.